The van der Waals surface area contributed by atoms with Crippen LogP contribution in [0.2, 0.25) is 0 Å². The maximum Gasteiger partial charge on any atom is 0.318 e. The van der Waals surface area contributed by atoms with Crippen LogP contribution in [0.1, 0.15) is 5.56 Å². The Labute approximate surface area is 96.9 Å². The SMILES string of the molecule is N#Cc1ccc(OCC(=O)NC(N)=O)c(N)c1. The summed E-state index contributed by atoms with van der Waals surface area (Å²) in [5.41, 5.74) is 10.9. The molecule has 0 aromatic heterocycles. The predicted octanol–water partition coefficient (Wildman–Crippen LogP) is -0.286. The molecule has 0 aliphatic rings. The highest BCUT2D eigenvalue weighted by molar-refractivity contribution is 5.94. The minimum absolute atomic E-state index is 0.232. The molecule has 17 heavy (non-hydrogen) atoms. The van der Waals surface area contributed by atoms with Gasteiger partial charge in [0.2, 0.25) is 0 Å². The summed E-state index contributed by atoms with van der Waals surface area (Å²) in [6.45, 7) is -0.390. The smallest absolute Gasteiger partial charge is 0.318 e. The number of hydrogen-bond acceptors (Lipinski definition) is 5. The third kappa shape index (κ3) is 3.71. The topological polar surface area (TPSA) is 131 Å². The molecule has 1 aromatic rings. The Balaban J connectivity index is 2.61. The molecule has 7 nitrogen and oxygen atoms in total. The molecule has 1 rings (SSSR count). The second-order valence-corrected chi connectivity index (χ2v) is 3.07. The number of nitrogen functional groups attached to an aromatic ring is 1. The van der Waals surface area contributed by atoms with Gasteiger partial charge < -0.3 is 16.2 Å². The average Bonchev–Trinajstić information content (AvgIpc) is 2.26. The van der Waals surface area contributed by atoms with E-state index in [1.807, 2.05) is 11.4 Å². The van der Waals surface area contributed by atoms with Crippen molar-refractivity contribution in [2.75, 3.05) is 12.3 Å². The monoisotopic (exact) mass is 234 g/mol. The van der Waals surface area contributed by atoms with Crippen LogP contribution in [0, 0.1) is 11.3 Å². The van der Waals surface area contributed by atoms with Gasteiger partial charge in [-0.1, -0.05) is 0 Å². The minimum atomic E-state index is -0.952. The van der Waals surface area contributed by atoms with Crippen LogP contribution >= 0.6 is 0 Å². The molecule has 0 fully saturated rings. The molecule has 0 atom stereocenters. The molecule has 0 heterocycles. The van der Waals surface area contributed by atoms with Crippen LogP contribution in [0.5, 0.6) is 5.75 Å². The van der Waals surface area contributed by atoms with Crippen LogP contribution in [0.15, 0.2) is 18.2 Å². The number of amides is 3. The van der Waals surface area contributed by atoms with Crippen molar-refractivity contribution < 1.29 is 14.3 Å². The molecular weight excluding hydrogens is 224 g/mol. The molecule has 0 unspecified atom stereocenters. The fraction of sp³-hybridized carbons (Fsp3) is 0.100. The van der Waals surface area contributed by atoms with Crippen molar-refractivity contribution >= 4 is 17.6 Å². The molecule has 0 aliphatic carbocycles. The Morgan fingerprint density at radius 3 is 2.71 bits per heavy atom. The quantitative estimate of drug-likeness (QED) is 0.618. The highest BCUT2D eigenvalue weighted by Gasteiger charge is 2.07. The van der Waals surface area contributed by atoms with Gasteiger partial charge in [-0.05, 0) is 18.2 Å². The first kappa shape index (κ1) is 12.3. The largest absolute Gasteiger partial charge is 0.482 e. The number of rotatable bonds is 3. The van der Waals surface area contributed by atoms with Crippen molar-refractivity contribution in [2.24, 2.45) is 5.73 Å². The molecule has 0 saturated carbocycles. The Bertz CT molecular complexity index is 493. The summed E-state index contributed by atoms with van der Waals surface area (Å²) < 4.78 is 5.04. The van der Waals surface area contributed by atoms with E-state index in [4.69, 9.17) is 21.5 Å². The number of carbonyl (C=O) groups is 2. The number of urea groups is 1. The first-order valence-corrected chi connectivity index (χ1v) is 4.54. The van der Waals surface area contributed by atoms with Gasteiger partial charge in [-0.2, -0.15) is 5.26 Å². The zero-order valence-corrected chi connectivity index (χ0v) is 8.77. The van der Waals surface area contributed by atoms with Crippen molar-refractivity contribution in [3.8, 4) is 11.8 Å². The number of benzene rings is 1. The highest BCUT2D eigenvalue weighted by Crippen LogP contribution is 2.21. The Kier molecular flexibility index (Phi) is 3.89. The number of carbonyl (C=O) groups excluding carboxylic acids is 2. The van der Waals surface area contributed by atoms with E-state index < -0.39 is 11.9 Å². The van der Waals surface area contributed by atoms with Crippen molar-refractivity contribution in [3.05, 3.63) is 23.8 Å². The average molecular weight is 234 g/mol. The number of anilines is 1. The lowest BCUT2D eigenvalue weighted by Gasteiger charge is -2.08. The van der Waals surface area contributed by atoms with Crippen LogP contribution in [0.3, 0.4) is 0 Å². The first-order valence-electron chi connectivity index (χ1n) is 4.54. The van der Waals surface area contributed by atoms with Crippen LogP contribution in [-0.4, -0.2) is 18.5 Å². The normalized spacial score (nSPS) is 9.12. The fourth-order valence-electron chi connectivity index (χ4n) is 1.07. The van der Waals surface area contributed by atoms with Crippen LogP contribution in [0.25, 0.3) is 0 Å². The van der Waals surface area contributed by atoms with E-state index in [0.717, 1.165) is 0 Å². The lowest BCUT2D eigenvalue weighted by molar-refractivity contribution is -0.121. The van der Waals surface area contributed by atoms with Crippen molar-refractivity contribution in [2.45, 2.75) is 0 Å². The van der Waals surface area contributed by atoms with Gasteiger partial charge in [-0.15, -0.1) is 0 Å². The van der Waals surface area contributed by atoms with Crippen molar-refractivity contribution in [3.63, 3.8) is 0 Å². The summed E-state index contributed by atoms with van der Waals surface area (Å²) in [5, 5.41) is 10.4. The maximum atomic E-state index is 11.0. The number of nitrogens with zero attached hydrogens (tertiary/aromatic N) is 1. The number of hydrogen-bond donors (Lipinski definition) is 3. The molecule has 0 radical (unpaired) electrons. The summed E-state index contributed by atoms with van der Waals surface area (Å²) >= 11 is 0. The first-order chi connectivity index (χ1) is 8.02. The van der Waals surface area contributed by atoms with Gasteiger partial charge in [0, 0.05) is 0 Å². The van der Waals surface area contributed by atoms with Gasteiger partial charge >= 0.3 is 6.03 Å². The van der Waals surface area contributed by atoms with Gasteiger partial charge in [-0.3, -0.25) is 10.1 Å². The molecule has 7 heteroatoms. The summed E-state index contributed by atoms with van der Waals surface area (Å²) in [4.78, 5) is 21.4. The summed E-state index contributed by atoms with van der Waals surface area (Å²) in [7, 11) is 0. The maximum absolute atomic E-state index is 11.0. The number of nitrogens with one attached hydrogen (secondary N) is 1. The van der Waals surface area contributed by atoms with Crippen molar-refractivity contribution in [1.82, 2.24) is 5.32 Å². The zero-order chi connectivity index (χ0) is 12.8. The number of ether oxygens (including phenoxy) is 1. The van der Waals surface area contributed by atoms with E-state index in [0.29, 0.717) is 5.56 Å². The molecule has 1 aromatic carbocycles. The van der Waals surface area contributed by atoms with E-state index in [1.54, 1.807) is 0 Å². The van der Waals surface area contributed by atoms with E-state index in [-0.39, 0.29) is 18.0 Å². The molecule has 5 N–H and O–H groups in total. The minimum Gasteiger partial charge on any atom is -0.482 e. The summed E-state index contributed by atoms with van der Waals surface area (Å²) in [5.74, 6) is -0.426. The molecule has 88 valence electrons. The molecule has 3 amide bonds. The molecule has 0 bridgehead atoms. The molecular formula is C10H10N4O3. The fourth-order valence-corrected chi connectivity index (χ4v) is 1.07. The second-order valence-electron chi connectivity index (χ2n) is 3.07. The van der Waals surface area contributed by atoms with Gasteiger partial charge in [0.1, 0.15) is 5.75 Å². The lowest BCUT2D eigenvalue weighted by atomic mass is 10.2. The van der Waals surface area contributed by atoms with E-state index in [2.05, 4.69) is 0 Å². The van der Waals surface area contributed by atoms with Crippen molar-refractivity contribution in [1.29, 1.82) is 5.26 Å². The van der Waals surface area contributed by atoms with Gasteiger partial charge in [0.15, 0.2) is 6.61 Å². The number of nitriles is 1. The van der Waals surface area contributed by atoms with Gasteiger partial charge in [0.25, 0.3) is 5.91 Å². The van der Waals surface area contributed by atoms with Crippen LogP contribution in [0.4, 0.5) is 10.5 Å². The Hall–Kier alpha value is -2.75. The number of nitrogens with two attached hydrogens (primary N) is 2. The molecule has 0 spiro atoms. The number of imide groups is 1. The van der Waals surface area contributed by atoms with Crippen LogP contribution in [-0.2, 0) is 4.79 Å². The lowest BCUT2D eigenvalue weighted by Crippen LogP contribution is -2.38. The predicted molar refractivity (Wildman–Crippen MR) is 58.8 cm³/mol. The van der Waals surface area contributed by atoms with E-state index in [1.165, 1.54) is 18.2 Å². The zero-order valence-electron chi connectivity index (χ0n) is 8.77. The third-order valence-electron chi connectivity index (χ3n) is 1.76. The summed E-state index contributed by atoms with van der Waals surface area (Å²) in [6, 6.07) is 5.34. The third-order valence-corrected chi connectivity index (χ3v) is 1.76. The van der Waals surface area contributed by atoms with Gasteiger partial charge in [0.05, 0.1) is 17.3 Å². The number of primary amides is 1. The summed E-state index contributed by atoms with van der Waals surface area (Å²) in [6.07, 6.45) is 0. The van der Waals surface area contributed by atoms with E-state index in [9.17, 15) is 9.59 Å². The Morgan fingerprint density at radius 1 is 1.47 bits per heavy atom. The second kappa shape index (κ2) is 5.37. The van der Waals surface area contributed by atoms with E-state index >= 15 is 0 Å². The molecule has 0 aliphatic heterocycles. The Morgan fingerprint density at radius 2 is 2.18 bits per heavy atom. The van der Waals surface area contributed by atoms with Crippen LogP contribution < -0.4 is 21.5 Å². The molecule has 0 saturated heterocycles. The highest BCUT2D eigenvalue weighted by atomic mass is 16.5. The standard InChI is InChI=1S/C10H10N4O3/c11-4-6-1-2-8(7(12)3-6)17-5-9(15)14-10(13)16/h1-3H,5,12H2,(H3,13,14,15,16). The van der Waals surface area contributed by atoms with Gasteiger partial charge in [-0.25, -0.2) is 4.79 Å².